The average molecular weight is 261 g/mol. The lowest BCUT2D eigenvalue weighted by molar-refractivity contribution is 0.131. The quantitative estimate of drug-likeness (QED) is 0.836. The van der Waals surface area contributed by atoms with Crippen molar-refractivity contribution in [3.63, 3.8) is 0 Å². The largest absolute Gasteiger partial charge is 0.396 e. The lowest BCUT2D eigenvalue weighted by atomic mass is 9.80. The lowest BCUT2D eigenvalue weighted by Crippen LogP contribution is -2.24. The van der Waals surface area contributed by atoms with E-state index in [4.69, 9.17) is 23.2 Å². The van der Waals surface area contributed by atoms with Gasteiger partial charge in [0, 0.05) is 16.7 Å². The van der Waals surface area contributed by atoms with Gasteiger partial charge in [-0.1, -0.05) is 43.5 Å². The number of halogens is 2. The van der Waals surface area contributed by atoms with Gasteiger partial charge in [0.1, 0.15) is 0 Å². The summed E-state index contributed by atoms with van der Waals surface area (Å²) in [5.74, 6) is 0. The van der Waals surface area contributed by atoms with Crippen LogP contribution >= 0.6 is 23.2 Å². The monoisotopic (exact) mass is 260 g/mol. The molecule has 0 saturated heterocycles. The minimum Gasteiger partial charge on any atom is -0.396 e. The minimum absolute atomic E-state index is 0.108. The van der Waals surface area contributed by atoms with Crippen LogP contribution in [0.25, 0.3) is 0 Å². The topological polar surface area (TPSA) is 20.2 Å². The van der Waals surface area contributed by atoms with Crippen molar-refractivity contribution < 1.29 is 5.11 Å². The third-order valence-corrected chi connectivity index (χ3v) is 3.46. The maximum atomic E-state index is 9.46. The summed E-state index contributed by atoms with van der Waals surface area (Å²) in [6, 6.07) is 5.47. The smallest absolute Gasteiger partial charge is 0.0487 e. The molecule has 0 heterocycles. The normalized spacial score (nSPS) is 14.8. The third kappa shape index (κ3) is 3.65. The minimum atomic E-state index is -0.108. The number of rotatable bonds is 5. The Balaban J connectivity index is 2.89. The van der Waals surface area contributed by atoms with E-state index < -0.39 is 0 Å². The third-order valence-electron chi connectivity index (χ3n) is 2.86. The van der Waals surface area contributed by atoms with Crippen LogP contribution in [0.15, 0.2) is 18.2 Å². The second-order valence-electron chi connectivity index (χ2n) is 4.63. The molecule has 0 spiro atoms. The van der Waals surface area contributed by atoms with Gasteiger partial charge in [-0.15, -0.1) is 0 Å². The summed E-state index contributed by atoms with van der Waals surface area (Å²) in [5.41, 5.74) is 0.905. The van der Waals surface area contributed by atoms with Crippen LogP contribution in [0.4, 0.5) is 0 Å². The van der Waals surface area contributed by atoms with Crippen LogP contribution in [0.5, 0.6) is 0 Å². The molecule has 0 aliphatic carbocycles. The first kappa shape index (κ1) is 13.8. The van der Waals surface area contributed by atoms with E-state index >= 15 is 0 Å². The fourth-order valence-corrected chi connectivity index (χ4v) is 2.34. The Morgan fingerprint density at radius 3 is 2.56 bits per heavy atom. The van der Waals surface area contributed by atoms with E-state index in [1.165, 1.54) is 0 Å². The second kappa shape index (κ2) is 5.90. The molecule has 0 bridgehead atoms. The summed E-state index contributed by atoms with van der Waals surface area (Å²) in [7, 11) is 0. The van der Waals surface area contributed by atoms with Crippen molar-refractivity contribution in [1.29, 1.82) is 0 Å². The van der Waals surface area contributed by atoms with E-state index in [0.717, 1.165) is 29.8 Å². The fourth-order valence-electron chi connectivity index (χ4n) is 1.97. The molecule has 1 aromatic rings. The van der Waals surface area contributed by atoms with Crippen molar-refractivity contribution in [3.8, 4) is 0 Å². The SMILES string of the molecule is CCCC(C)(CO)Cc1cc(Cl)ccc1Cl. The number of hydrogen-bond acceptors (Lipinski definition) is 1. The van der Waals surface area contributed by atoms with Crippen molar-refractivity contribution in [2.45, 2.75) is 33.1 Å². The standard InChI is InChI=1S/C13H18Cl2O/c1-3-6-13(2,9-16)8-10-7-11(14)4-5-12(10)15/h4-5,7,16H,3,6,8-9H2,1-2H3. The van der Waals surface area contributed by atoms with Gasteiger partial charge >= 0.3 is 0 Å². The molecule has 0 aliphatic heterocycles. The van der Waals surface area contributed by atoms with Gasteiger partial charge in [0.15, 0.2) is 0 Å². The number of aliphatic hydroxyl groups excluding tert-OH is 1. The Labute approximate surface area is 107 Å². The summed E-state index contributed by atoms with van der Waals surface area (Å²) in [6.07, 6.45) is 2.79. The highest BCUT2D eigenvalue weighted by Crippen LogP contribution is 2.31. The maximum absolute atomic E-state index is 9.46. The molecule has 0 aromatic heterocycles. The molecule has 1 nitrogen and oxygen atoms in total. The molecule has 1 aromatic carbocycles. The van der Waals surface area contributed by atoms with E-state index in [0.29, 0.717) is 5.02 Å². The van der Waals surface area contributed by atoms with E-state index in [2.05, 4.69) is 13.8 Å². The van der Waals surface area contributed by atoms with Crippen LogP contribution in [0.2, 0.25) is 10.0 Å². The molecule has 0 fully saturated rings. The van der Waals surface area contributed by atoms with Gasteiger partial charge in [-0.2, -0.15) is 0 Å². The van der Waals surface area contributed by atoms with Crippen molar-refractivity contribution in [1.82, 2.24) is 0 Å². The highest BCUT2D eigenvalue weighted by molar-refractivity contribution is 6.33. The highest BCUT2D eigenvalue weighted by Gasteiger charge is 2.23. The summed E-state index contributed by atoms with van der Waals surface area (Å²) in [6.45, 7) is 4.37. The average Bonchev–Trinajstić information content (AvgIpc) is 2.24. The summed E-state index contributed by atoms with van der Waals surface area (Å²) >= 11 is 12.1. The molecule has 1 unspecified atom stereocenters. The van der Waals surface area contributed by atoms with E-state index in [9.17, 15) is 5.11 Å². The first-order chi connectivity index (χ1) is 7.50. The number of aliphatic hydroxyl groups is 1. The van der Waals surface area contributed by atoms with Crippen molar-refractivity contribution in [3.05, 3.63) is 33.8 Å². The van der Waals surface area contributed by atoms with Gasteiger partial charge in [0.25, 0.3) is 0 Å². The zero-order valence-corrected chi connectivity index (χ0v) is 11.3. The first-order valence-corrected chi connectivity index (χ1v) is 6.31. The molecule has 1 rings (SSSR count). The van der Waals surface area contributed by atoms with Gasteiger partial charge in [-0.25, -0.2) is 0 Å². The molecule has 16 heavy (non-hydrogen) atoms. The molecule has 0 amide bonds. The van der Waals surface area contributed by atoms with E-state index in [1.807, 2.05) is 12.1 Å². The first-order valence-electron chi connectivity index (χ1n) is 5.55. The van der Waals surface area contributed by atoms with Gasteiger partial charge in [-0.3, -0.25) is 0 Å². The van der Waals surface area contributed by atoms with Crippen molar-refractivity contribution >= 4 is 23.2 Å². The van der Waals surface area contributed by atoms with Crippen LogP contribution in [-0.2, 0) is 6.42 Å². The van der Waals surface area contributed by atoms with Crippen LogP contribution in [0, 0.1) is 5.41 Å². The van der Waals surface area contributed by atoms with Gasteiger partial charge in [0.05, 0.1) is 0 Å². The zero-order valence-electron chi connectivity index (χ0n) is 9.76. The molecule has 1 N–H and O–H groups in total. The van der Waals surface area contributed by atoms with Crippen molar-refractivity contribution in [2.24, 2.45) is 5.41 Å². The molecule has 3 heteroatoms. The summed E-state index contributed by atoms with van der Waals surface area (Å²) in [4.78, 5) is 0. The van der Waals surface area contributed by atoms with Crippen molar-refractivity contribution in [2.75, 3.05) is 6.61 Å². The van der Waals surface area contributed by atoms with Gasteiger partial charge < -0.3 is 5.11 Å². The van der Waals surface area contributed by atoms with Crippen LogP contribution in [0.1, 0.15) is 32.3 Å². The second-order valence-corrected chi connectivity index (χ2v) is 5.47. The molecular formula is C13H18Cl2O. The summed E-state index contributed by atoms with van der Waals surface area (Å²) < 4.78 is 0. The molecule has 0 saturated carbocycles. The molecule has 0 radical (unpaired) electrons. The predicted octanol–water partition coefficient (Wildman–Crippen LogP) is 4.33. The maximum Gasteiger partial charge on any atom is 0.0487 e. The summed E-state index contributed by atoms with van der Waals surface area (Å²) in [5, 5.41) is 10.9. The molecular weight excluding hydrogens is 243 g/mol. The zero-order chi connectivity index (χ0) is 12.2. The predicted molar refractivity (Wildman–Crippen MR) is 70.3 cm³/mol. The molecule has 0 aliphatic rings. The van der Waals surface area contributed by atoms with E-state index in [-0.39, 0.29) is 12.0 Å². The fraction of sp³-hybridized carbons (Fsp3) is 0.538. The van der Waals surface area contributed by atoms with Crippen LogP contribution < -0.4 is 0 Å². The van der Waals surface area contributed by atoms with Gasteiger partial charge in [0.2, 0.25) is 0 Å². The Hall–Kier alpha value is -0.240. The number of benzene rings is 1. The Kier molecular flexibility index (Phi) is 5.10. The Morgan fingerprint density at radius 2 is 2.00 bits per heavy atom. The Morgan fingerprint density at radius 1 is 1.31 bits per heavy atom. The number of hydrogen-bond donors (Lipinski definition) is 1. The van der Waals surface area contributed by atoms with E-state index in [1.54, 1.807) is 6.07 Å². The molecule has 1 atom stereocenters. The highest BCUT2D eigenvalue weighted by atomic mass is 35.5. The van der Waals surface area contributed by atoms with Gasteiger partial charge in [-0.05, 0) is 42.0 Å². The Bertz CT molecular complexity index is 352. The lowest BCUT2D eigenvalue weighted by Gasteiger charge is -2.27. The van der Waals surface area contributed by atoms with Crippen LogP contribution in [-0.4, -0.2) is 11.7 Å². The molecule has 90 valence electrons. The van der Waals surface area contributed by atoms with Crippen LogP contribution in [0.3, 0.4) is 0 Å².